The van der Waals surface area contributed by atoms with Crippen molar-refractivity contribution < 1.29 is 0 Å². The minimum absolute atomic E-state index is 0.0585. The molecule has 0 amide bonds. The van der Waals surface area contributed by atoms with Gasteiger partial charge in [-0.1, -0.05) is 69.3 Å². The molecule has 118 valence electrons. The Balaban J connectivity index is 2.26. The molecule has 0 saturated carbocycles. The molecule has 22 heavy (non-hydrogen) atoms. The number of benzene rings is 2. The molecule has 0 spiro atoms. The summed E-state index contributed by atoms with van der Waals surface area (Å²) in [6.45, 7) is 9.50. The van der Waals surface area contributed by atoms with Gasteiger partial charge in [0, 0.05) is 12.6 Å². The molecule has 0 bridgehead atoms. The summed E-state index contributed by atoms with van der Waals surface area (Å²) in [7, 11) is 0. The standard InChI is InChI=1S/C20H28N2/c1-14(17-7-9-18(10-8-17)15(2)22)20(3,4)19-11-5-16(13-21)6-12-19/h5-12,14-15H,13,21-22H2,1-4H3. The zero-order valence-electron chi connectivity index (χ0n) is 14.1. The fourth-order valence-corrected chi connectivity index (χ4v) is 2.83. The molecule has 0 aliphatic carbocycles. The maximum atomic E-state index is 5.93. The highest BCUT2D eigenvalue weighted by atomic mass is 14.6. The van der Waals surface area contributed by atoms with Gasteiger partial charge in [0.05, 0.1) is 0 Å². The summed E-state index contributed by atoms with van der Waals surface area (Å²) in [5, 5.41) is 0. The zero-order valence-corrected chi connectivity index (χ0v) is 14.1. The van der Waals surface area contributed by atoms with Crippen LogP contribution in [-0.4, -0.2) is 0 Å². The van der Waals surface area contributed by atoms with E-state index in [4.69, 9.17) is 11.5 Å². The second-order valence-electron chi connectivity index (χ2n) is 6.80. The molecule has 2 aromatic rings. The third-order valence-electron chi connectivity index (χ3n) is 4.98. The van der Waals surface area contributed by atoms with Crippen molar-refractivity contribution in [3.8, 4) is 0 Å². The van der Waals surface area contributed by atoms with Crippen molar-refractivity contribution in [3.63, 3.8) is 0 Å². The molecule has 0 radical (unpaired) electrons. The first-order chi connectivity index (χ1) is 10.4. The van der Waals surface area contributed by atoms with Gasteiger partial charge in [0.25, 0.3) is 0 Å². The van der Waals surface area contributed by atoms with Crippen LogP contribution in [0.2, 0.25) is 0 Å². The van der Waals surface area contributed by atoms with Gasteiger partial charge in [0.15, 0.2) is 0 Å². The molecular weight excluding hydrogens is 268 g/mol. The summed E-state index contributed by atoms with van der Waals surface area (Å²) < 4.78 is 0. The lowest BCUT2D eigenvalue weighted by molar-refractivity contribution is 0.436. The van der Waals surface area contributed by atoms with Gasteiger partial charge in [-0.3, -0.25) is 0 Å². The molecule has 2 atom stereocenters. The Bertz CT molecular complexity index is 595. The lowest BCUT2D eigenvalue weighted by Crippen LogP contribution is -2.25. The lowest BCUT2D eigenvalue weighted by atomic mass is 9.71. The van der Waals surface area contributed by atoms with Crippen LogP contribution in [0.3, 0.4) is 0 Å². The summed E-state index contributed by atoms with van der Waals surface area (Å²) >= 11 is 0. The van der Waals surface area contributed by atoms with Crippen LogP contribution >= 0.6 is 0 Å². The van der Waals surface area contributed by atoms with Crippen molar-refractivity contribution in [2.45, 2.75) is 51.6 Å². The highest BCUT2D eigenvalue weighted by Gasteiger charge is 2.29. The maximum Gasteiger partial charge on any atom is 0.0266 e. The molecular formula is C20H28N2. The predicted molar refractivity (Wildman–Crippen MR) is 94.8 cm³/mol. The van der Waals surface area contributed by atoms with Crippen LogP contribution in [0.15, 0.2) is 48.5 Å². The van der Waals surface area contributed by atoms with E-state index in [-0.39, 0.29) is 11.5 Å². The molecule has 0 saturated heterocycles. The molecule has 2 heteroatoms. The summed E-state index contributed by atoms with van der Waals surface area (Å²) in [6, 6.07) is 17.4. The minimum atomic E-state index is 0.0585. The zero-order chi connectivity index (χ0) is 16.3. The van der Waals surface area contributed by atoms with Crippen LogP contribution in [0, 0.1) is 0 Å². The van der Waals surface area contributed by atoms with E-state index in [1.54, 1.807) is 0 Å². The van der Waals surface area contributed by atoms with E-state index >= 15 is 0 Å². The van der Waals surface area contributed by atoms with E-state index in [2.05, 4.69) is 69.3 Å². The van der Waals surface area contributed by atoms with E-state index < -0.39 is 0 Å². The molecule has 4 N–H and O–H groups in total. The Kier molecular flexibility index (Phi) is 5.05. The Morgan fingerprint density at radius 3 is 1.82 bits per heavy atom. The molecule has 0 aromatic heterocycles. The van der Waals surface area contributed by atoms with E-state index in [1.165, 1.54) is 22.3 Å². The summed E-state index contributed by atoms with van der Waals surface area (Å²) in [5.41, 5.74) is 16.7. The predicted octanol–water partition coefficient (Wildman–Crippen LogP) is 4.25. The number of hydrogen-bond donors (Lipinski definition) is 2. The molecule has 2 unspecified atom stereocenters. The SMILES string of the molecule is CC(N)c1ccc(C(C)C(C)(C)c2ccc(CN)cc2)cc1. The van der Waals surface area contributed by atoms with Crippen LogP contribution in [-0.2, 0) is 12.0 Å². The van der Waals surface area contributed by atoms with E-state index in [0.717, 1.165) is 0 Å². The van der Waals surface area contributed by atoms with Gasteiger partial charge in [0.2, 0.25) is 0 Å². The molecule has 2 nitrogen and oxygen atoms in total. The average Bonchev–Trinajstić information content (AvgIpc) is 2.54. The monoisotopic (exact) mass is 296 g/mol. The van der Waals surface area contributed by atoms with Crippen molar-refractivity contribution in [3.05, 3.63) is 70.8 Å². The molecule has 0 heterocycles. The van der Waals surface area contributed by atoms with Gasteiger partial charge in [0.1, 0.15) is 0 Å². The van der Waals surface area contributed by atoms with Gasteiger partial charge < -0.3 is 11.5 Å². The first kappa shape index (κ1) is 16.7. The Labute approximate surface area is 134 Å². The lowest BCUT2D eigenvalue weighted by Gasteiger charge is -2.33. The first-order valence-corrected chi connectivity index (χ1v) is 8.01. The smallest absolute Gasteiger partial charge is 0.0266 e. The van der Waals surface area contributed by atoms with Gasteiger partial charge in [-0.25, -0.2) is 0 Å². The van der Waals surface area contributed by atoms with E-state index in [1.807, 2.05) is 6.92 Å². The second-order valence-corrected chi connectivity index (χ2v) is 6.80. The van der Waals surface area contributed by atoms with Gasteiger partial charge in [-0.2, -0.15) is 0 Å². The van der Waals surface area contributed by atoms with Crippen LogP contribution in [0.1, 0.15) is 61.9 Å². The summed E-state index contributed by atoms with van der Waals surface area (Å²) in [6.07, 6.45) is 0. The first-order valence-electron chi connectivity index (χ1n) is 8.01. The largest absolute Gasteiger partial charge is 0.326 e. The van der Waals surface area contributed by atoms with Crippen molar-refractivity contribution in [1.82, 2.24) is 0 Å². The molecule has 2 rings (SSSR count). The van der Waals surface area contributed by atoms with E-state index in [9.17, 15) is 0 Å². The fourth-order valence-electron chi connectivity index (χ4n) is 2.83. The topological polar surface area (TPSA) is 52.0 Å². The van der Waals surface area contributed by atoms with Crippen molar-refractivity contribution in [2.75, 3.05) is 0 Å². The second kappa shape index (κ2) is 6.64. The maximum absolute atomic E-state index is 5.93. The fraction of sp³-hybridized carbons (Fsp3) is 0.400. The highest BCUT2D eigenvalue weighted by Crippen LogP contribution is 2.38. The minimum Gasteiger partial charge on any atom is -0.326 e. The van der Waals surface area contributed by atoms with Crippen LogP contribution in [0.25, 0.3) is 0 Å². The number of rotatable bonds is 5. The Hall–Kier alpha value is -1.64. The summed E-state index contributed by atoms with van der Waals surface area (Å²) in [5.74, 6) is 0.415. The van der Waals surface area contributed by atoms with Gasteiger partial charge in [-0.05, 0) is 40.5 Å². The van der Waals surface area contributed by atoms with Crippen molar-refractivity contribution >= 4 is 0 Å². The summed E-state index contributed by atoms with van der Waals surface area (Å²) in [4.78, 5) is 0. The van der Waals surface area contributed by atoms with Crippen molar-refractivity contribution in [2.24, 2.45) is 11.5 Å². The van der Waals surface area contributed by atoms with Crippen LogP contribution in [0.5, 0.6) is 0 Å². The Morgan fingerprint density at radius 2 is 1.36 bits per heavy atom. The third kappa shape index (κ3) is 3.40. The molecule has 0 aliphatic heterocycles. The van der Waals surface area contributed by atoms with Gasteiger partial charge >= 0.3 is 0 Å². The number of nitrogens with two attached hydrogens (primary N) is 2. The third-order valence-corrected chi connectivity index (χ3v) is 4.98. The molecule has 0 fully saturated rings. The quantitative estimate of drug-likeness (QED) is 0.866. The molecule has 2 aromatic carbocycles. The Morgan fingerprint density at radius 1 is 0.864 bits per heavy atom. The van der Waals surface area contributed by atoms with Crippen LogP contribution < -0.4 is 11.5 Å². The van der Waals surface area contributed by atoms with Crippen molar-refractivity contribution in [1.29, 1.82) is 0 Å². The highest BCUT2D eigenvalue weighted by molar-refractivity contribution is 5.35. The average molecular weight is 296 g/mol. The number of hydrogen-bond acceptors (Lipinski definition) is 2. The molecule has 0 aliphatic rings. The normalized spacial score (nSPS) is 14.6. The van der Waals surface area contributed by atoms with Crippen LogP contribution in [0.4, 0.5) is 0 Å². The van der Waals surface area contributed by atoms with E-state index in [0.29, 0.717) is 12.5 Å². The van der Waals surface area contributed by atoms with Gasteiger partial charge in [-0.15, -0.1) is 0 Å².